The molecule has 0 saturated heterocycles. The Kier molecular flexibility index (Phi) is 8.32. The van der Waals surface area contributed by atoms with E-state index in [9.17, 15) is 4.79 Å². The van der Waals surface area contributed by atoms with Crippen molar-refractivity contribution in [3.63, 3.8) is 0 Å². The molecular formula is C20H25BrN2O2. The van der Waals surface area contributed by atoms with Crippen LogP contribution in [0.15, 0.2) is 48.5 Å². The molecule has 0 saturated carbocycles. The van der Waals surface area contributed by atoms with Crippen molar-refractivity contribution in [3.8, 4) is 5.75 Å². The number of ether oxygens (including phenoxy) is 1. The van der Waals surface area contributed by atoms with Crippen molar-refractivity contribution in [2.24, 2.45) is 0 Å². The fraction of sp³-hybridized carbons (Fsp3) is 0.350. The molecule has 2 rings (SSSR count). The largest absolute Gasteiger partial charge is 0.491 e. The molecule has 3 N–H and O–H groups in total. The third-order valence-corrected chi connectivity index (χ3v) is 4.15. The minimum atomic E-state index is 0.0215. The highest BCUT2D eigenvalue weighted by Crippen LogP contribution is 2.22. The zero-order valence-corrected chi connectivity index (χ0v) is 15.9. The molecule has 2 aromatic rings. The van der Waals surface area contributed by atoms with Gasteiger partial charge in [-0.3, -0.25) is 4.79 Å². The van der Waals surface area contributed by atoms with Crippen LogP contribution in [-0.4, -0.2) is 24.4 Å². The number of nitrogens with one attached hydrogen (secondary N) is 1. The van der Waals surface area contributed by atoms with Gasteiger partial charge in [0.05, 0.1) is 18.7 Å². The highest BCUT2D eigenvalue weighted by Gasteiger charge is 2.06. The predicted octanol–water partition coefficient (Wildman–Crippen LogP) is 3.72. The van der Waals surface area contributed by atoms with Gasteiger partial charge < -0.3 is 15.8 Å². The summed E-state index contributed by atoms with van der Waals surface area (Å²) in [6.07, 6.45) is 3.42. The highest BCUT2D eigenvalue weighted by atomic mass is 79.9. The average molecular weight is 405 g/mol. The van der Waals surface area contributed by atoms with E-state index in [0.717, 1.165) is 30.2 Å². The van der Waals surface area contributed by atoms with Crippen LogP contribution in [0.1, 0.15) is 24.0 Å². The number of hydrogen-bond acceptors (Lipinski definition) is 3. The van der Waals surface area contributed by atoms with Crippen LogP contribution < -0.4 is 15.8 Å². The first-order valence-electron chi connectivity index (χ1n) is 8.57. The van der Waals surface area contributed by atoms with E-state index in [1.807, 2.05) is 18.2 Å². The maximum Gasteiger partial charge on any atom is 0.224 e. The molecule has 5 heteroatoms. The maximum absolute atomic E-state index is 12.0. The fourth-order valence-corrected chi connectivity index (χ4v) is 2.72. The molecule has 1 amide bonds. The molecule has 0 aromatic heterocycles. The van der Waals surface area contributed by atoms with Crippen LogP contribution in [-0.2, 0) is 17.6 Å². The number of unbranched alkanes of at least 4 members (excludes halogenated alkanes) is 1. The Morgan fingerprint density at radius 2 is 1.88 bits per heavy atom. The lowest BCUT2D eigenvalue weighted by atomic mass is 10.1. The summed E-state index contributed by atoms with van der Waals surface area (Å²) in [5.41, 5.74) is 8.76. The maximum atomic E-state index is 12.0. The molecule has 0 heterocycles. The molecule has 2 aromatic carbocycles. The lowest BCUT2D eigenvalue weighted by Crippen LogP contribution is -2.26. The Hall–Kier alpha value is -2.01. The molecule has 0 atom stereocenters. The molecule has 0 bridgehead atoms. The lowest BCUT2D eigenvalue weighted by molar-refractivity contribution is -0.120. The second-order valence-corrected chi connectivity index (χ2v) is 6.67. The van der Waals surface area contributed by atoms with Crippen LogP contribution >= 0.6 is 15.9 Å². The van der Waals surface area contributed by atoms with E-state index >= 15 is 0 Å². The minimum Gasteiger partial charge on any atom is -0.491 e. The van der Waals surface area contributed by atoms with Gasteiger partial charge in [0.2, 0.25) is 5.91 Å². The van der Waals surface area contributed by atoms with E-state index in [2.05, 4.69) is 45.5 Å². The molecule has 0 fully saturated rings. The van der Waals surface area contributed by atoms with E-state index in [1.54, 1.807) is 6.07 Å². The number of amides is 1. The number of hydrogen-bond donors (Lipinski definition) is 2. The normalized spacial score (nSPS) is 10.4. The number of aryl methyl sites for hydroxylation is 1. The van der Waals surface area contributed by atoms with Crippen molar-refractivity contribution in [2.45, 2.75) is 25.7 Å². The van der Waals surface area contributed by atoms with Gasteiger partial charge in [-0.25, -0.2) is 0 Å². The van der Waals surface area contributed by atoms with Crippen molar-refractivity contribution in [1.29, 1.82) is 0 Å². The van der Waals surface area contributed by atoms with Gasteiger partial charge in [0.15, 0.2) is 0 Å². The Morgan fingerprint density at radius 3 is 2.60 bits per heavy atom. The van der Waals surface area contributed by atoms with Gasteiger partial charge in [-0.1, -0.05) is 52.3 Å². The summed E-state index contributed by atoms with van der Waals surface area (Å²) in [4.78, 5) is 12.0. The van der Waals surface area contributed by atoms with Gasteiger partial charge in [0.1, 0.15) is 5.75 Å². The molecular weight excluding hydrogens is 380 g/mol. The van der Waals surface area contributed by atoms with Crippen molar-refractivity contribution in [2.75, 3.05) is 24.2 Å². The number of alkyl halides is 1. The zero-order chi connectivity index (χ0) is 17.9. The fourth-order valence-electron chi connectivity index (χ4n) is 2.56. The second kappa shape index (κ2) is 10.8. The van der Waals surface area contributed by atoms with Crippen molar-refractivity contribution >= 4 is 27.5 Å². The Bertz CT molecular complexity index is 662. The standard InChI is InChI=1S/C20H25BrN2O2/c21-11-13-25-19-10-9-17(14-18(19)22)15-20(24)23-12-5-4-8-16-6-2-1-3-7-16/h1-3,6-7,9-10,14H,4-5,8,11-13,15,22H2,(H,23,24). The summed E-state index contributed by atoms with van der Waals surface area (Å²) in [6, 6.07) is 15.9. The molecule has 0 radical (unpaired) electrons. The van der Waals surface area contributed by atoms with Crippen molar-refractivity contribution in [1.82, 2.24) is 5.32 Å². The highest BCUT2D eigenvalue weighted by molar-refractivity contribution is 9.09. The van der Waals surface area contributed by atoms with Crippen molar-refractivity contribution < 1.29 is 9.53 Å². The topological polar surface area (TPSA) is 64.4 Å². The van der Waals surface area contributed by atoms with E-state index in [1.165, 1.54) is 5.56 Å². The Labute approximate surface area is 157 Å². The number of anilines is 1. The third kappa shape index (κ3) is 7.18. The van der Waals surface area contributed by atoms with Gasteiger partial charge in [-0.2, -0.15) is 0 Å². The first-order valence-corrected chi connectivity index (χ1v) is 9.69. The molecule has 0 spiro atoms. The molecule has 4 nitrogen and oxygen atoms in total. The molecule has 25 heavy (non-hydrogen) atoms. The van der Waals surface area contributed by atoms with Crippen molar-refractivity contribution in [3.05, 3.63) is 59.7 Å². The molecule has 0 aliphatic carbocycles. The quantitative estimate of drug-likeness (QED) is 0.360. The van der Waals surface area contributed by atoms with Gasteiger partial charge in [-0.15, -0.1) is 0 Å². The summed E-state index contributed by atoms with van der Waals surface area (Å²) < 4.78 is 5.50. The number of halogens is 1. The number of nitrogens with two attached hydrogens (primary N) is 1. The SMILES string of the molecule is Nc1cc(CC(=O)NCCCCc2ccccc2)ccc1OCCBr. The molecule has 0 aliphatic rings. The summed E-state index contributed by atoms with van der Waals surface area (Å²) >= 11 is 3.31. The second-order valence-electron chi connectivity index (χ2n) is 5.88. The smallest absolute Gasteiger partial charge is 0.224 e. The summed E-state index contributed by atoms with van der Waals surface area (Å²) in [6.45, 7) is 1.26. The monoisotopic (exact) mass is 404 g/mol. The van der Waals surface area contributed by atoms with Crippen LogP contribution in [0.4, 0.5) is 5.69 Å². The number of carbonyl (C=O) groups is 1. The van der Waals surface area contributed by atoms with Gasteiger partial charge in [0.25, 0.3) is 0 Å². The molecule has 0 aliphatic heterocycles. The number of carbonyl (C=O) groups excluding carboxylic acids is 1. The van der Waals surface area contributed by atoms with Crippen LogP contribution in [0.5, 0.6) is 5.75 Å². The van der Waals surface area contributed by atoms with E-state index in [4.69, 9.17) is 10.5 Å². The summed E-state index contributed by atoms with van der Waals surface area (Å²) in [7, 11) is 0. The molecule has 0 unspecified atom stereocenters. The van der Waals surface area contributed by atoms with Crippen LogP contribution in [0.2, 0.25) is 0 Å². The Morgan fingerprint density at radius 1 is 1.08 bits per heavy atom. The number of rotatable bonds is 10. The van der Waals surface area contributed by atoms with Crippen LogP contribution in [0, 0.1) is 0 Å². The predicted molar refractivity (Wildman–Crippen MR) is 106 cm³/mol. The summed E-state index contributed by atoms with van der Waals surface area (Å²) in [5, 5.41) is 3.72. The molecule has 134 valence electrons. The number of benzene rings is 2. The third-order valence-electron chi connectivity index (χ3n) is 3.83. The first-order chi connectivity index (χ1) is 12.2. The van der Waals surface area contributed by atoms with Gasteiger partial charge in [-0.05, 0) is 42.5 Å². The average Bonchev–Trinajstić information content (AvgIpc) is 2.61. The van der Waals surface area contributed by atoms with E-state index < -0.39 is 0 Å². The Balaban J connectivity index is 1.67. The number of nitrogen functional groups attached to an aromatic ring is 1. The minimum absolute atomic E-state index is 0.0215. The van der Waals surface area contributed by atoms with E-state index in [0.29, 0.717) is 31.0 Å². The van der Waals surface area contributed by atoms with Gasteiger partial charge in [0, 0.05) is 11.9 Å². The summed E-state index contributed by atoms with van der Waals surface area (Å²) in [5.74, 6) is 0.678. The van der Waals surface area contributed by atoms with E-state index in [-0.39, 0.29) is 5.91 Å². The zero-order valence-electron chi connectivity index (χ0n) is 14.3. The first kappa shape index (κ1) is 19.3. The van der Waals surface area contributed by atoms with Crippen LogP contribution in [0.3, 0.4) is 0 Å². The van der Waals surface area contributed by atoms with Crippen LogP contribution in [0.25, 0.3) is 0 Å². The lowest BCUT2D eigenvalue weighted by Gasteiger charge is -2.10. The van der Waals surface area contributed by atoms with Gasteiger partial charge >= 0.3 is 0 Å².